The molecule has 0 unspecified atom stereocenters. The quantitative estimate of drug-likeness (QED) is 0.544. The van der Waals surface area contributed by atoms with Gasteiger partial charge in [0.15, 0.2) is 0 Å². The Labute approximate surface area is 72.1 Å². The van der Waals surface area contributed by atoms with E-state index in [-0.39, 0.29) is 32.2 Å². The Morgan fingerprint density at radius 3 is 2.17 bits per heavy atom. The molecular weight excluding hydrogens is 158 g/mol. The zero-order chi connectivity index (χ0) is 9.40. The Morgan fingerprint density at radius 1 is 1.33 bits per heavy atom. The van der Waals surface area contributed by atoms with Crippen LogP contribution in [0.2, 0.25) is 0 Å². The number of aliphatic hydroxyl groups is 2. The Balaban J connectivity index is 3.98. The lowest BCUT2D eigenvalue weighted by molar-refractivity contribution is -0.127. The highest BCUT2D eigenvalue weighted by atomic mass is 16.3. The van der Waals surface area contributed by atoms with E-state index in [9.17, 15) is 4.79 Å². The van der Waals surface area contributed by atoms with Gasteiger partial charge in [0.2, 0.25) is 5.91 Å². The molecule has 0 rings (SSSR count). The van der Waals surface area contributed by atoms with Crippen LogP contribution in [0.5, 0.6) is 0 Å². The summed E-state index contributed by atoms with van der Waals surface area (Å²) in [5, 5.41) is 17.2. The van der Waals surface area contributed by atoms with Gasteiger partial charge in [0.25, 0.3) is 0 Å². The molecular formula is C8H15NO3. The van der Waals surface area contributed by atoms with Crippen molar-refractivity contribution in [3.05, 3.63) is 12.2 Å². The monoisotopic (exact) mass is 173 g/mol. The van der Waals surface area contributed by atoms with Crippen molar-refractivity contribution in [2.75, 3.05) is 26.3 Å². The zero-order valence-electron chi connectivity index (χ0n) is 7.23. The van der Waals surface area contributed by atoms with Crippen molar-refractivity contribution in [3.63, 3.8) is 0 Å². The van der Waals surface area contributed by atoms with Crippen molar-refractivity contribution in [3.8, 4) is 0 Å². The third kappa shape index (κ3) is 4.10. The molecule has 0 spiro atoms. The number of nitrogens with zero attached hydrogens (tertiary/aromatic N) is 1. The van der Waals surface area contributed by atoms with E-state index in [0.29, 0.717) is 0 Å². The first-order chi connectivity index (χ1) is 5.76. The van der Waals surface area contributed by atoms with Crippen molar-refractivity contribution in [2.24, 2.45) is 0 Å². The molecule has 70 valence electrons. The molecule has 0 fully saturated rings. The lowest BCUT2D eigenvalue weighted by Crippen LogP contribution is -2.34. The summed E-state index contributed by atoms with van der Waals surface area (Å²) in [6, 6.07) is 0. The maximum atomic E-state index is 11.1. The van der Waals surface area contributed by atoms with Crippen LogP contribution >= 0.6 is 0 Å². The second-order valence-corrected chi connectivity index (χ2v) is 2.27. The summed E-state index contributed by atoms with van der Waals surface area (Å²) in [7, 11) is 0. The van der Waals surface area contributed by atoms with Crippen molar-refractivity contribution in [2.45, 2.75) is 6.92 Å². The summed E-state index contributed by atoms with van der Waals surface area (Å²) in [5.41, 5.74) is 0. The number of carbonyl (C=O) groups excluding carboxylic acids is 1. The third-order valence-corrected chi connectivity index (χ3v) is 1.36. The number of carbonyl (C=O) groups is 1. The number of aliphatic hydroxyl groups excluding tert-OH is 2. The van der Waals surface area contributed by atoms with Crippen LogP contribution in [0.3, 0.4) is 0 Å². The third-order valence-electron chi connectivity index (χ3n) is 1.36. The van der Waals surface area contributed by atoms with Crippen LogP contribution in [0.25, 0.3) is 0 Å². The fourth-order valence-corrected chi connectivity index (χ4v) is 0.822. The maximum Gasteiger partial charge on any atom is 0.246 e. The van der Waals surface area contributed by atoms with E-state index in [0.717, 1.165) is 0 Å². The molecule has 0 aliphatic heterocycles. The van der Waals surface area contributed by atoms with Crippen molar-refractivity contribution >= 4 is 5.91 Å². The molecule has 0 aromatic rings. The highest BCUT2D eigenvalue weighted by molar-refractivity contribution is 5.87. The van der Waals surface area contributed by atoms with Crippen LogP contribution in [0.4, 0.5) is 0 Å². The molecule has 0 aliphatic rings. The van der Waals surface area contributed by atoms with Gasteiger partial charge in [-0.1, -0.05) is 6.08 Å². The van der Waals surface area contributed by atoms with E-state index < -0.39 is 0 Å². The molecule has 0 aromatic heterocycles. The summed E-state index contributed by atoms with van der Waals surface area (Å²) in [6.07, 6.45) is 3.04. The van der Waals surface area contributed by atoms with E-state index in [1.165, 1.54) is 11.0 Å². The average Bonchev–Trinajstić information content (AvgIpc) is 2.04. The van der Waals surface area contributed by atoms with E-state index in [1.807, 2.05) is 0 Å². The minimum Gasteiger partial charge on any atom is -0.395 e. The van der Waals surface area contributed by atoms with Crippen LogP contribution in [0.1, 0.15) is 6.92 Å². The highest BCUT2D eigenvalue weighted by Crippen LogP contribution is 1.90. The van der Waals surface area contributed by atoms with E-state index in [1.54, 1.807) is 13.0 Å². The smallest absolute Gasteiger partial charge is 0.246 e. The molecule has 4 nitrogen and oxygen atoms in total. The molecule has 0 saturated carbocycles. The van der Waals surface area contributed by atoms with Crippen LogP contribution in [-0.4, -0.2) is 47.3 Å². The summed E-state index contributed by atoms with van der Waals surface area (Å²) in [4.78, 5) is 12.5. The van der Waals surface area contributed by atoms with Gasteiger partial charge >= 0.3 is 0 Å². The predicted octanol–water partition coefficient (Wildman–Crippen LogP) is -0.624. The topological polar surface area (TPSA) is 60.8 Å². The molecule has 0 heterocycles. The van der Waals surface area contributed by atoms with E-state index in [2.05, 4.69) is 0 Å². The summed E-state index contributed by atoms with van der Waals surface area (Å²) >= 11 is 0. The number of hydrogen-bond donors (Lipinski definition) is 2. The van der Waals surface area contributed by atoms with Crippen molar-refractivity contribution in [1.29, 1.82) is 0 Å². The van der Waals surface area contributed by atoms with Crippen molar-refractivity contribution in [1.82, 2.24) is 4.90 Å². The Kier molecular flexibility index (Phi) is 6.32. The van der Waals surface area contributed by atoms with Gasteiger partial charge in [0, 0.05) is 13.1 Å². The molecule has 12 heavy (non-hydrogen) atoms. The molecule has 2 N–H and O–H groups in total. The standard InChI is InChI=1S/C8H15NO3/c1-2-3-8(12)9(4-6-10)5-7-11/h2-3,10-11H,4-7H2,1H3/b3-2+. The van der Waals surface area contributed by atoms with Gasteiger partial charge in [-0.15, -0.1) is 0 Å². The lowest BCUT2D eigenvalue weighted by atomic mass is 10.4. The van der Waals surface area contributed by atoms with Gasteiger partial charge in [0.1, 0.15) is 0 Å². The first kappa shape index (κ1) is 11.1. The first-order valence-corrected chi connectivity index (χ1v) is 3.89. The number of allylic oxidation sites excluding steroid dienone is 1. The zero-order valence-corrected chi connectivity index (χ0v) is 7.23. The van der Waals surface area contributed by atoms with E-state index >= 15 is 0 Å². The fraction of sp³-hybridized carbons (Fsp3) is 0.625. The van der Waals surface area contributed by atoms with Gasteiger partial charge in [-0.2, -0.15) is 0 Å². The number of amides is 1. The second kappa shape index (κ2) is 6.82. The SMILES string of the molecule is C/C=C/C(=O)N(CCO)CCO. The maximum absolute atomic E-state index is 11.1. The Morgan fingerprint density at radius 2 is 1.83 bits per heavy atom. The molecule has 4 heteroatoms. The second-order valence-electron chi connectivity index (χ2n) is 2.27. The lowest BCUT2D eigenvalue weighted by Gasteiger charge is -2.18. The molecule has 0 saturated heterocycles. The Hall–Kier alpha value is -0.870. The fourth-order valence-electron chi connectivity index (χ4n) is 0.822. The first-order valence-electron chi connectivity index (χ1n) is 3.89. The molecule has 0 radical (unpaired) electrons. The minimum absolute atomic E-state index is 0.0801. The highest BCUT2D eigenvalue weighted by Gasteiger charge is 2.07. The Bertz CT molecular complexity index is 150. The average molecular weight is 173 g/mol. The largest absolute Gasteiger partial charge is 0.395 e. The van der Waals surface area contributed by atoms with Crippen LogP contribution in [-0.2, 0) is 4.79 Å². The summed E-state index contributed by atoms with van der Waals surface area (Å²) < 4.78 is 0. The minimum atomic E-state index is -0.180. The summed E-state index contributed by atoms with van der Waals surface area (Å²) in [6.45, 7) is 2.12. The summed E-state index contributed by atoms with van der Waals surface area (Å²) in [5.74, 6) is -0.180. The van der Waals surface area contributed by atoms with Crippen molar-refractivity contribution < 1.29 is 15.0 Å². The van der Waals surface area contributed by atoms with Gasteiger partial charge in [0.05, 0.1) is 13.2 Å². The van der Waals surface area contributed by atoms with E-state index in [4.69, 9.17) is 10.2 Å². The van der Waals surface area contributed by atoms with Gasteiger partial charge in [-0.05, 0) is 13.0 Å². The molecule has 0 aliphatic carbocycles. The number of rotatable bonds is 5. The predicted molar refractivity (Wildman–Crippen MR) is 45.6 cm³/mol. The molecule has 0 bridgehead atoms. The van der Waals surface area contributed by atoms with Crippen LogP contribution < -0.4 is 0 Å². The van der Waals surface area contributed by atoms with Crippen LogP contribution in [0, 0.1) is 0 Å². The van der Waals surface area contributed by atoms with Gasteiger partial charge in [-0.3, -0.25) is 4.79 Å². The van der Waals surface area contributed by atoms with Gasteiger partial charge in [-0.25, -0.2) is 0 Å². The normalized spacial score (nSPS) is 10.6. The van der Waals surface area contributed by atoms with Crippen LogP contribution in [0.15, 0.2) is 12.2 Å². The molecule has 1 amide bonds. The van der Waals surface area contributed by atoms with Gasteiger partial charge < -0.3 is 15.1 Å². The number of hydrogen-bond acceptors (Lipinski definition) is 3. The molecule has 0 atom stereocenters. The molecule has 0 aromatic carbocycles.